The van der Waals surface area contributed by atoms with E-state index >= 15 is 0 Å². The molecule has 1 unspecified atom stereocenters. The highest BCUT2D eigenvalue weighted by Crippen LogP contribution is 2.32. The van der Waals surface area contributed by atoms with E-state index in [9.17, 15) is 14.7 Å². The highest BCUT2D eigenvalue weighted by atomic mass is 35.5. The fourth-order valence-electron chi connectivity index (χ4n) is 2.01. The van der Waals surface area contributed by atoms with Gasteiger partial charge in [-0.3, -0.25) is 9.59 Å². The minimum atomic E-state index is -1.82. The molecule has 0 fully saturated rings. The van der Waals surface area contributed by atoms with Crippen molar-refractivity contribution in [3.05, 3.63) is 34.9 Å². The Morgan fingerprint density at radius 1 is 1.30 bits per heavy atom. The summed E-state index contributed by atoms with van der Waals surface area (Å²) >= 11 is 5.78. The number of esters is 1. The first-order chi connectivity index (χ1) is 9.48. The summed E-state index contributed by atoms with van der Waals surface area (Å²) in [5.74, 6) is -2.13. The lowest BCUT2D eigenvalue weighted by atomic mass is 9.76. The molecule has 0 heterocycles. The number of rotatable bonds is 7. The van der Waals surface area contributed by atoms with E-state index in [4.69, 9.17) is 21.4 Å². The topological polar surface area (TPSA) is 83.8 Å². The van der Waals surface area contributed by atoms with Gasteiger partial charge in [-0.15, -0.1) is 0 Å². The summed E-state index contributed by atoms with van der Waals surface area (Å²) in [6.45, 7) is 1.49. The smallest absolute Gasteiger partial charge is 0.328 e. The normalized spacial score (nSPS) is 13.6. The van der Waals surface area contributed by atoms with Crippen LogP contribution >= 0.6 is 11.6 Å². The largest absolute Gasteiger partial charge is 0.480 e. The van der Waals surface area contributed by atoms with E-state index < -0.39 is 17.4 Å². The molecule has 5 nitrogen and oxygen atoms in total. The first-order valence-corrected chi connectivity index (χ1v) is 6.64. The summed E-state index contributed by atoms with van der Waals surface area (Å²) in [7, 11) is 0. The van der Waals surface area contributed by atoms with Crippen LogP contribution in [0.5, 0.6) is 0 Å². The maximum absolute atomic E-state index is 12.2. The lowest BCUT2D eigenvalue weighted by molar-refractivity contribution is -0.162. The fourth-order valence-corrected chi connectivity index (χ4v) is 2.14. The molecule has 0 saturated heterocycles. The number of carbonyl (C=O) groups is 2. The second-order valence-electron chi connectivity index (χ2n) is 4.27. The Morgan fingerprint density at radius 2 is 1.90 bits per heavy atom. The van der Waals surface area contributed by atoms with Crippen LogP contribution in [0.3, 0.4) is 0 Å². The number of carbonyl (C=O) groups excluding carboxylic acids is 1. The molecule has 0 spiro atoms. The van der Waals surface area contributed by atoms with Crippen molar-refractivity contribution in [2.24, 2.45) is 0 Å². The molecule has 0 aliphatic carbocycles. The van der Waals surface area contributed by atoms with Crippen LogP contribution in [-0.4, -0.2) is 35.4 Å². The van der Waals surface area contributed by atoms with Crippen molar-refractivity contribution >= 4 is 23.5 Å². The van der Waals surface area contributed by atoms with Crippen LogP contribution in [0.2, 0.25) is 5.02 Å². The van der Waals surface area contributed by atoms with Crippen molar-refractivity contribution in [1.29, 1.82) is 0 Å². The number of carboxylic acid groups (broad SMARTS) is 1. The van der Waals surface area contributed by atoms with Gasteiger partial charge in [-0.2, -0.15) is 0 Å². The molecular weight excluding hydrogens is 284 g/mol. The van der Waals surface area contributed by atoms with Gasteiger partial charge in [-0.1, -0.05) is 23.7 Å². The quantitative estimate of drug-likeness (QED) is 0.594. The molecule has 0 aliphatic rings. The van der Waals surface area contributed by atoms with E-state index in [0.717, 1.165) is 0 Å². The number of aliphatic hydroxyl groups excluding tert-OH is 1. The lowest BCUT2D eigenvalue weighted by Gasteiger charge is -2.27. The number of hydrogen-bond acceptors (Lipinski definition) is 4. The van der Waals surface area contributed by atoms with E-state index in [1.807, 2.05) is 0 Å². The summed E-state index contributed by atoms with van der Waals surface area (Å²) in [6.07, 6.45) is 0.132. The maximum Gasteiger partial charge on any atom is 0.328 e. The molecule has 0 radical (unpaired) electrons. The maximum atomic E-state index is 12.2. The summed E-state index contributed by atoms with van der Waals surface area (Å²) in [5, 5.41) is 18.9. The predicted octanol–water partition coefficient (Wildman–Crippen LogP) is 2.00. The third-order valence-corrected chi connectivity index (χ3v) is 3.29. The third-order valence-electron chi connectivity index (χ3n) is 3.04. The molecule has 20 heavy (non-hydrogen) atoms. The molecule has 2 N–H and O–H groups in total. The summed E-state index contributed by atoms with van der Waals surface area (Å²) < 4.78 is 4.92. The van der Waals surface area contributed by atoms with E-state index in [2.05, 4.69) is 0 Å². The second-order valence-corrected chi connectivity index (χ2v) is 4.70. The Balaban J connectivity index is 3.31. The van der Waals surface area contributed by atoms with Crippen LogP contribution in [-0.2, 0) is 19.7 Å². The molecule has 1 aromatic rings. The Morgan fingerprint density at radius 3 is 2.35 bits per heavy atom. The molecule has 0 aromatic heterocycles. The van der Waals surface area contributed by atoms with Gasteiger partial charge in [-0.05, 0) is 37.5 Å². The van der Waals surface area contributed by atoms with Crippen molar-refractivity contribution in [3.63, 3.8) is 0 Å². The number of hydrogen-bond donors (Lipinski definition) is 2. The number of aliphatic carboxylic acids is 1. The Bertz CT molecular complexity index is 471. The highest BCUT2D eigenvalue weighted by molar-refractivity contribution is 6.30. The third kappa shape index (κ3) is 3.29. The van der Waals surface area contributed by atoms with Gasteiger partial charge in [0.05, 0.1) is 6.61 Å². The van der Waals surface area contributed by atoms with Crippen LogP contribution in [0.4, 0.5) is 0 Å². The molecule has 1 rings (SSSR count). The van der Waals surface area contributed by atoms with E-state index in [-0.39, 0.29) is 26.1 Å². The van der Waals surface area contributed by atoms with E-state index in [1.165, 1.54) is 24.3 Å². The van der Waals surface area contributed by atoms with Gasteiger partial charge < -0.3 is 14.9 Å². The number of benzene rings is 1. The fraction of sp³-hybridized carbons (Fsp3) is 0.429. The number of aliphatic hydroxyl groups is 1. The van der Waals surface area contributed by atoms with Crippen LogP contribution in [0, 0.1) is 0 Å². The predicted molar refractivity (Wildman–Crippen MR) is 73.7 cm³/mol. The molecule has 1 atom stereocenters. The molecular formula is C14H17ClO5. The van der Waals surface area contributed by atoms with Gasteiger partial charge in [0.1, 0.15) is 0 Å². The van der Waals surface area contributed by atoms with Gasteiger partial charge in [0.25, 0.3) is 0 Å². The van der Waals surface area contributed by atoms with Crippen molar-refractivity contribution in [2.75, 3.05) is 13.2 Å². The number of carboxylic acids is 1. The van der Waals surface area contributed by atoms with Crippen LogP contribution in [0.25, 0.3) is 0 Å². The Hall–Kier alpha value is -1.59. The van der Waals surface area contributed by atoms with Gasteiger partial charge in [-0.25, -0.2) is 0 Å². The molecule has 0 saturated carbocycles. The first-order valence-electron chi connectivity index (χ1n) is 6.26. The standard InChI is InChI=1S/C14H17ClO5/c1-2-20-13(19)14(12(17)18,8-3-9-16)10-4-6-11(15)7-5-10/h4-7,16H,2-3,8-9H2,1H3,(H,17,18). The SMILES string of the molecule is CCOC(=O)C(CCCO)(C(=O)O)c1ccc(Cl)cc1. The zero-order valence-electron chi connectivity index (χ0n) is 11.1. The van der Waals surface area contributed by atoms with E-state index in [1.54, 1.807) is 6.92 Å². The Kier molecular flexibility index (Phi) is 5.98. The van der Waals surface area contributed by atoms with Gasteiger partial charge >= 0.3 is 11.9 Å². The zero-order valence-corrected chi connectivity index (χ0v) is 11.9. The van der Waals surface area contributed by atoms with Gasteiger partial charge in [0, 0.05) is 11.6 Å². The number of halogens is 1. The van der Waals surface area contributed by atoms with Crippen molar-refractivity contribution in [3.8, 4) is 0 Å². The molecule has 0 bridgehead atoms. The monoisotopic (exact) mass is 300 g/mol. The van der Waals surface area contributed by atoms with Crippen LogP contribution < -0.4 is 0 Å². The van der Waals surface area contributed by atoms with Gasteiger partial charge in [0.15, 0.2) is 5.41 Å². The summed E-state index contributed by atoms with van der Waals surface area (Å²) in [4.78, 5) is 23.9. The minimum absolute atomic E-state index is 0.0424. The number of ether oxygens (including phenoxy) is 1. The van der Waals surface area contributed by atoms with Crippen molar-refractivity contribution < 1.29 is 24.5 Å². The highest BCUT2D eigenvalue weighted by Gasteiger charge is 2.48. The molecule has 6 heteroatoms. The van der Waals surface area contributed by atoms with E-state index in [0.29, 0.717) is 10.6 Å². The second kappa shape index (κ2) is 7.26. The average molecular weight is 301 g/mol. The molecule has 1 aromatic carbocycles. The molecule has 0 amide bonds. The first kappa shape index (κ1) is 16.5. The van der Waals surface area contributed by atoms with Crippen LogP contribution in [0.1, 0.15) is 25.3 Å². The van der Waals surface area contributed by atoms with Crippen molar-refractivity contribution in [1.82, 2.24) is 0 Å². The zero-order chi connectivity index (χ0) is 15.2. The van der Waals surface area contributed by atoms with Crippen molar-refractivity contribution in [2.45, 2.75) is 25.2 Å². The molecule has 110 valence electrons. The molecule has 0 aliphatic heterocycles. The van der Waals surface area contributed by atoms with Crippen LogP contribution in [0.15, 0.2) is 24.3 Å². The lowest BCUT2D eigenvalue weighted by Crippen LogP contribution is -2.45. The minimum Gasteiger partial charge on any atom is -0.480 e. The van der Waals surface area contributed by atoms with Gasteiger partial charge in [0.2, 0.25) is 0 Å². The summed E-state index contributed by atoms with van der Waals surface area (Å²) in [5.41, 5.74) is -1.52. The average Bonchev–Trinajstić information content (AvgIpc) is 2.41. The Labute approximate surface area is 122 Å². The summed E-state index contributed by atoms with van der Waals surface area (Å²) in [6, 6.07) is 6.02.